The molecule has 0 aliphatic carbocycles. The van der Waals surface area contributed by atoms with Crippen molar-refractivity contribution in [1.29, 1.82) is 0 Å². The largest absolute Gasteiger partial charge is 0.504 e. The molecule has 0 bridgehead atoms. The van der Waals surface area contributed by atoms with Crippen molar-refractivity contribution in [3.63, 3.8) is 0 Å². The van der Waals surface area contributed by atoms with Crippen LogP contribution in [-0.4, -0.2) is 20.6 Å². The number of sulfonamides is 1. The molecule has 0 heterocycles. The third-order valence-corrected chi connectivity index (χ3v) is 4.29. The summed E-state index contributed by atoms with van der Waals surface area (Å²) in [6, 6.07) is 5.48. The molecule has 0 atom stereocenters. The first-order valence-electron chi connectivity index (χ1n) is 6.10. The predicted molar refractivity (Wildman–Crippen MR) is 76.6 cm³/mol. The minimum absolute atomic E-state index is 0.0562. The van der Waals surface area contributed by atoms with E-state index in [1.54, 1.807) is 0 Å². The molecule has 0 fully saturated rings. The number of hydrogen-bond acceptors (Lipinski definition) is 4. The lowest BCUT2D eigenvalue weighted by atomic mass is 10.2. The standard InChI is InChI=1S/C14H13F2NO4S/c1-8-5-10(7-11(15)14(8)16)22(19,20)17-9-3-4-13(21-2)12(18)6-9/h3-7,17-18H,1-2H3. The number of benzene rings is 2. The number of phenolic OH excluding ortho intramolecular Hbond substituents is 1. The second kappa shape index (κ2) is 5.80. The maximum Gasteiger partial charge on any atom is 0.262 e. The Morgan fingerprint density at radius 2 is 1.86 bits per heavy atom. The number of methoxy groups -OCH3 is 1. The molecule has 0 aliphatic heterocycles. The third kappa shape index (κ3) is 3.11. The van der Waals surface area contributed by atoms with Crippen LogP contribution in [0.4, 0.5) is 14.5 Å². The van der Waals surface area contributed by atoms with Gasteiger partial charge in [0.1, 0.15) is 0 Å². The zero-order chi connectivity index (χ0) is 16.5. The minimum Gasteiger partial charge on any atom is -0.504 e. The van der Waals surface area contributed by atoms with Crippen molar-refractivity contribution in [2.75, 3.05) is 11.8 Å². The first kappa shape index (κ1) is 16.0. The average molecular weight is 329 g/mol. The molecule has 0 spiro atoms. The van der Waals surface area contributed by atoms with Crippen LogP contribution in [0.1, 0.15) is 5.56 Å². The summed E-state index contributed by atoms with van der Waals surface area (Å²) < 4.78 is 57.9. The highest BCUT2D eigenvalue weighted by Gasteiger charge is 2.19. The maximum absolute atomic E-state index is 13.3. The Morgan fingerprint density at radius 1 is 1.18 bits per heavy atom. The van der Waals surface area contributed by atoms with Gasteiger partial charge in [-0.3, -0.25) is 4.72 Å². The van der Waals surface area contributed by atoms with Crippen LogP contribution in [0.2, 0.25) is 0 Å². The molecular formula is C14H13F2NO4S. The summed E-state index contributed by atoms with van der Waals surface area (Å²) in [7, 11) is -2.77. The van der Waals surface area contributed by atoms with Crippen LogP contribution >= 0.6 is 0 Å². The SMILES string of the molecule is COc1ccc(NS(=O)(=O)c2cc(C)c(F)c(F)c2)cc1O. The van der Waals surface area contributed by atoms with Crippen molar-refractivity contribution in [2.45, 2.75) is 11.8 Å². The van der Waals surface area contributed by atoms with Crippen LogP contribution in [0.5, 0.6) is 11.5 Å². The van der Waals surface area contributed by atoms with Gasteiger partial charge >= 0.3 is 0 Å². The fourth-order valence-corrected chi connectivity index (χ4v) is 2.96. The van der Waals surface area contributed by atoms with Crippen molar-refractivity contribution >= 4 is 15.7 Å². The highest BCUT2D eigenvalue weighted by molar-refractivity contribution is 7.92. The molecule has 8 heteroatoms. The first-order valence-corrected chi connectivity index (χ1v) is 7.58. The normalized spacial score (nSPS) is 11.3. The van der Waals surface area contributed by atoms with Crippen LogP contribution < -0.4 is 9.46 Å². The average Bonchev–Trinajstić information content (AvgIpc) is 2.44. The molecule has 0 aromatic heterocycles. The number of aryl methyl sites for hydroxylation is 1. The molecule has 2 rings (SSSR count). The summed E-state index contributed by atoms with van der Waals surface area (Å²) in [5.41, 5.74) is -0.0707. The molecule has 0 aliphatic rings. The van der Waals surface area contributed by atoms with Crippen molar-refractivity contribution < 1.29 is 27.0 Å². The molecule has 0 amide bonds. The van der Waals surface area contributed by atoms with Crippen LogP contribution in [0, 0.1) is 18.6 Å². The summed E-state index contributed by atoms with van der Waals surface area (Å²) in [5.74, 6) is -2.44. The van der Waals surface area contributed by atoms with E-state index >= 15 is 0 Å². The Bertz CT molecular complexity index is 799. The number of anilines is 1. The smallest absolute Gasteiger partial charge is 0.262 e. The van der Waals surface area contributed by atoms with Crippen LogP contribution in [0.3, 0.4) is 0 Å². The molecule has 0 saturated heterocycles. The number of phenols is 1. The molecule has 2 aromatic carbocycles. The zero-order valence-electron chi connectivity index (χ0n) is 11.7. The van der Waals surface area contributed by atoms with Gasteiger partial charge in [0.2, 0.25) is 0 Å². The highest BCUT2D eigenvalue weighted by atomic mass is 32.2. The lowest BCUT2D eigenvalue weighted by molar-refractivity contribution is 0.373. The zero-order valence-corrected chi connectivity index (χ0v) is 12.5. The summed E-state index contributed by atoms with van der Waals surface area (Å²) >= 11 is 0. The minimum atomic E-state index is -4.12. The monoisotopic (exact) mass is 329 g/mol. The van der Waals surface area contributed by atoms with Gasteiger partial charge in [0.25, 0.3) is 10.0 Å². The Labute approximate surface area is 126 Å². The molecule has 22 heavy (non-hydrogen) atoms. The van der Waals surface area contributed by atoms with Gasteiger partial charge in [0.05, 0.1) is 17.7 Å². The Morgan fingerprint density at radius 3 is 2.41 bits per heavy atom. The van der Waals surface area contributed by atoms with E-state index in [0.717, 1.165) is 12.1 Å². The lowest BCUT2D eigenvalue weighted by Crippen LogP contribution is -2.14. The lowest BCUT2D eigenvalue weighted by Gasteiger charge is -2.11. The summed E-state index contributed by atoms with van der Waals surface area (Å²) in [6.45, 7) is 1.26. The van der Waals surface area contributed by atoms with E-state index in [2.05, 4.69) is 4.72 Å². The molecule has 0 radical (unpaired) electrons. The van der Waals surface area contributed by atoms with Crippen LogP contribution in [0.25, 0.3) is 0 Å². The summed E-state index contributed by atoms with van der Waals surface area (Å²) in [6.07, 6.45) is 0. The van der Waals surface area contributed by atoms with E-state index < -0.39 is 26.6 Å². The Hall–Kier alpha value is -2.35. The fraction of sp³-hybridized carbons (Fsp3) is 0.143. The number of nitrogens with one attached hydrogen (secondary N) is 1. The maximum atomic E-state index is 13.3. The van der Waals surface area contributed by atoms with Gasteiger partial charge in [-0.15, -0.1) is 0 Å². The number of rotatable bonds is 4. The molecule has 0 unspecified atom stereocenters. The second-order valence-corrected chi connectivity index (χ2v) is 6.21. The summed E-state index contributed by atoms with van der Waals surface area (Å²) in [5, 5.41) is 9.61. The van der Waals surface area contributed by atoms with Gasteiger partial charge in [-0.2, -0.15) is 0 Å². The highest BCUT2D eigenvalue weighted by Crippen LogP contribution is 2.30. The quantitative estimate of drug-likeness (QED) is 0.904. The molecule has 2 aromatic rings. The molecular weight excluding hydrogens is 316 g/mol. The molecule has 118 valence electrons. The van der Waals surface area contributed by atoms with Crippen molar-refractivity contribution in [3.05, 3.63) is 47.5 Å². The van der Waals surface area contributed by atoms with Crippen LogP contribution in [-0.2, 0) is 10.0 Å². The van der Waals surface area contributed by atoms with E-state index in [0.29, 0.717) is 6.07 Å². The van der Waals surface area contributed by atoms with Crippen molar-refractivity contribution in [1.82, 2.24) is 0 Å². The van der Waals surface area contributed by atoms with Crippen molar-refractivity contribution in [3.8, 4) is 11.5 Å². The topological polar surface area (TPSA) is 75.6 Å². The first-order chi connectivity index (χ1) is 10.2. The third-order valence-electron chi connectivity index (χ3n) is 2.93. The number of hydrogen-bond donors (Lipinski definition) is 2. The molecule has 0 saturated carbocycles. The van der Waals surface area contributed by atoms with Crippen molar-refractivity contribution in [2.24, 2.45) is 0 Å². The van der Waals surface area contributed by atoms with E-state index in [9.17, 15) is 22.3 Å². The van der Waals surface area contributed by atoms with E-state index in [1.807, 2.05) is 0 Å². The second-order valence-electron chi connectivity index (χ2n) is 4.53. The van der Waals surface area contributed by atoms with Crippen LogP contribution in [0.15, 0.2) is 35.2 Å². The predicted octanol–water partition coefficient (Wildman–Crippen LogP) is 2.79. The van der Waals surface area contributed by atoms with E-state index in [1.165, 1.54) is 26.2 Å². The molecule has 5 nitrogen and oxygen atoms in total. The number of ether oxygens (including phenoxy) is 1. The van der Waals surface area contributed by atoms with Gasteiger partial charge in [0, 0.05) is 6.07 Å². The van der Waals surface area contributed by atoms with Gasteiger partial charge in [0.15, 0.2) is 23.1 Å². The van der Waals surface area contributed by atoms with E-state index in [4.69, 9.17) is 4.74 Å². The Kier molecular flexibility index (Phi) is 4.23. The summed E-state index contributed by atoms with van der Waals surface area (Å²) in [4.78, 5) is -0.417. The van der Waals surface area contributed by atoms with Gasteiger partial charge < -0.3 is 9.84 Å². The van der Waals surface area contributed by atoms with Gasteiger partial charge in [-0.05, 0) is 36.8 Å². The Balaban J connectivity index is 2.38. The van der Waals surface area contributed by atoms with Gasteiger partial charge in [-0.1, -0.05) is 0 Å². The van der Waals surface area contributed by atoms with Gasteiger partial charge in [-0.25, -0.2) is 17.2 Å². The molecule has 2 N–H and O–H groups in total. The number of halogens is 2. The van der Waals surface area contributed by atoms with E-state index in [-0.39, 0.29) is 22.7 Å². The fourth-order valence-electron chi connectivity index (χ4n) is 1.82. The number of aromatic hydroxyl groups is 1.